The van der Waals surface area contributed by atoms with Gasteiger partial charge in [0.15, 0.2) is 5.78 Å². The van der Waals surface area contributed by atoms with Crippen LogP contribution in [0.4, 0.5) is 11.4 Å². The zero-order valence-corrected chi connectivity index (χ0v) is 16.5. The van der Waals surface area contributed by atoms with Crippen LogP contribution in [-0.4, -0.2) is 49.9 Å². The molecule has 1 fully saturated rings. The van der Waals surface area contributed by atoms with E-state index in [4.69, 9.17) is 0 Å². The molecule has 0 spiro atoms. The maximum absolute atomic E-state index is 13.1. The molecule has 0 radical (unpaired) electrons. The molecular weight excluding hydrogens is 424 g/mol. The molecule has 0 unspecified atom stereocenters. The second-order valence-corrected chi connectivity index (χ2v) is 6.85. The number of imide groups is 1. The first-order valence-corrected chi connectivity index (χ1v) is 9.38. The van der Waals surface area contributed by atoms with Gasteiger partial charge in [0.05, 0.1) is 9.85 Å². The Balaban J connectivity index is 1.96. The van der Waals surface area contributed by atoms with E-state index in [2.05, 4.69) is 0 Å². The van der Waals surface area contributed by atoms with Gasteiger partial charge in [-0.2, -0.15) is 5.01 Å². The number of Topliss-reactive ketones (excluding diaryl/α,β-unsaturated/α-hetero) is 1. The summed E-state index contributed by atoms with van der Waals surface area (Å²) in [6.45, 7) is -0.725. The number of rotatable bonds is 7. The molecule has 0 bridgehead atoms. The number of nitrogens with zero attached hydrogens (tertiary/aromatic N) is 4. The number of nitro groups is 2. The van der Waals surface area contributed by atoms with Gasteiger partial charge in [0.1, 0.15) is 6.54 Å². The number of non-ortho nitro benzene ring substituents is 2. The number of carbonyl (C=O) groups excluding carboxylic acids is 4. The van der Waals surface area contributed by atoms with Crippen LogP contribution < -0.4 is 0 Å². The van der Waals surface area contributed by atoms with Gasteiger partial charge in [0, 0.05) is 48.2 Å². The number of hydrazine groups is 1. The van der Waals surface area contributed by atoms with Crippen molar-refractivity contribution in [3.63, 3.8) is 0 Å². The van der Waals surface area contributed by atoms with Gasteiger partial charge in [-0.25, -0.2) is 5.01 Å². The van der Waals surface area contributed by atoms with Crippen molar-refractivity contribution in [2.45, 2.75) is 19.3 Å². The average molecular weight is 440 g/mol. The predicted octanol–water partition coefficient (Wildman–Crippen LogP) is 2.28. The minimum absolute atomic E-state index is 0.0177. The number of piperidine rings is 1. The van der Waals surface area contributed by atoms with Crippen LogP contribution in [0.3, 0.4) is 0 Å². The Morgan fingerprint density at radius 1 is 0.875 bits per heavy atom. The van der Waals surface area contributed by atoms with Gasteiger partial charge in [-0.3, -0.25) is 39.4 Å². The number of hydrogen-bond donors (Lipinski definition) is 0. The average Bonchev–Trinajstić information content (AvgIpc) is 2.77. The Morgan fingerprint density at radius 3 is 2.03 bits per heavy atom. The first kappa shape index (κ1) is 22.2. The third kappa shape index (κ3) is 4.64. The van der Waals surface area contributed by atoms with E-state index >= 15 is 0 Å². The molecule has 2 aromatic rings. The fraction of sp³-hybridized carbons (Fsp3) is 0.200. The topological polar surface area (TPSA) is 161 Å². The van der Waals surface area contributed by atoms with E-state index in [0.29, 0.717) is 16.4 Å². The second-order valence-electron chi connectivity index (χ2n) is 6.85. The van der Waals surface area contributed by atoms with E-state index < -0.39 is 39.9 Å². The summed E-state index contributed by atoms with van der Waals surface area (Å²) in [4.78, 5) is 71.2. The van der Waals surface area contributed by atoms with Gasteiger partial charge >= 0.3 is 0 Å². The fourth-order valence-corrected chi connectivity index (χ4v) is 3.14. The molecule has 0 aromatic heterocycles. The van der Waals surface area contributed by atoms with Crippen LogP contribution in [0.15, 0.2) is 48.5 Å². The van der Waals surface area contributed by atoms with Crippen molar-refractivity contribution >= 4 is 34.9 Å². The molecule has 164 valence electrons. The van der Waals surface area contributed by atoms with Crippen molar-refractivity contribution < 1.29 is 29.0 Å². The molecule has 1 aliphatic rings. The lowest BCUT2D eigenvalue weighted by molar-refractivity contribution is -0.385. The summed E-state index contributed by atoms with van der Waals surface area (Å²) in [6, 6.07) is 9.27. The Labute approximate surface area is 180 Å². The third-order valence-electron chi connectivity index (χ3n) is 4.73. The monoisotopic (exact) mass is 440 g/mol. The van der Waals surface area contributed by atoms with Crippen LogP contribution in [0.5, 0.6) is 0 Å². The van der Waals surface area contributed by atoms with Crippen LogP contribution in [0.25, 0.3) is 0 Å². The van der Waals surface area contributed by atoms with E-state index in [1.165, 1.54) is 30.3 Å². The molecule has 0 N–H and O–H groups in total. The number of carbonyl (C=O) groups is 4. The van der Waals surface area contributed by atoms with Gasteiger partial charge in [0.25, 0.3) is 17.3 Å². The zero-order valence-electron chi connectivity index (χ0n) is 16.5. The molecule has 12 nitrogen and oxygen atoms in total. The number of hydrogen-bond acceptors (Lipinski definition) is 8. The lowest BCUT2D eigenvalue weighted by Gasteiger charge is -2.35. The molecular formula is C20H16N4O8. The Kier molecular flexibility index (Phi) is 6.33. The molecule has 1 aliphatic heterocycles. The summed E-state index contributed by atoms with van der Waals surface area (Å²) >= 11 is 0. The van der Waals surface area contributed by atoms with E-state index in [0.717, 1.165) is 18.2 Å². The van der Waals surface area contributed by atoms with Crippen molar-refractivity contribution in [3.05, 3.63) is 79.9 Å². The van der Waals surface area contributed by atoms with Gasteiger partial charge in [-0.1, -0.05) is 6.07 Å². The van der Waals surface area contributed by atoms with Crippen LogP contribution in [0.1, 0.15) is 40.0 Å². The highest BCUT2D eigenvalue weighted by Crippen LogP contribution is 2.21. The molecule has 2 aromatic carbocycles. The molecule has 1 heterocycles. The summed E-state index contributed by atoms with van der Waals surface area (Å²) in [7, 11) is 0. The Bertz CT molecular complexity index is 1110. The van der Waals surface area contributed by atoms with E-state index in [1.807, 2.05) is 0 Å². The molecule has 3 rings (SSSR count). The fourth-order valence-electron chi connectivity index (χ4n) is 3.14. The smallest absolute Gasteiger partial charge is 0.273 e. The molecule has 32 heavy (non-hydrogen) atoms. The normalized spacial score (nSPS) is 13.6. The molecule has 0 saturated carbocycles. The van der Waals surface area contributed by atoms with Crippen molar-refractivity contribution in [2.24, 2.45) is 0 Å². The van der Waals surface area contributed by atoms with Crippen LogP contribution in [0.2, 0.25) is 0 Å². The number of amides is 3. The lowest BCUT2D eigenvalue weighted by atomic mass is 10.1. The number of benzene rings is 2. The largest absolute Gasteiger partial charge is 0.292 e. The first-order valence-electron chi connectivity index (χ1n) is 9.38. The SMILES string of the molecule is O=C(CN(C(=O)c1cccc([N+](=O)[O-])c1)N1C(=O)CCCC1=O)c1ccc([N+](=O)[O-])cc1. The van der Waals surface area contributed by atoms with E-state index in [9.17, 15) is 39.4 Å². The van der Waals surface area contributed by atoms with E-state index in [-0.39, 0.29) is 35.3 Å². The van der Waals surface area contributed by atoms with Gasteiger partial charge < -0.3 is 0 Å². The van der Waals surface area contributed by atoms with Crippen molar-refractivity contribution in [2.75, 3.05) is 6.54 Å². The second kappa shape index (κ2) is 9.12. The minimum atomic E-state index is -0.951. The summed E-state index contributed by atoms with van der Waals surface area (Å²) < 4.78 is 0. The van der Waals surface area contributed by atoms with Crippen molar-refractivity contribution in [1.82, 2.24) is 10.0 Å². The maximum atomic E-state index is 13.1. The molecule has 12 heteroatoms. The highest BCUT2D eigenvalue weighted by molar-refractivity contribution is 6.06. The number of nitro benzene ring substituents is 2. The van der Waals surface area contributed by atoms with Gasteiger partial charge in [-0.15, -0.1) is 0 Å². The third-order valence-corrected chi connectivity index (χ3v) is 4.73. The highest BCUT2D eigenvalue weighted by Gasteiger charge is 2.36. The standard InChI is InChI=1S/C20H16N4O8/c25-17(13-7-9-15(10-8-13)23(29)30)12-21(22-18(26)5-2-6-19(22)27)20(28)14-3-1-4-16(11-14)24(31)32/h1,3-4,7-11H,2,5-6,12H2. The van der Waals surface area contributed by atoms with Gasteiger partial charge in [0.2, 0.25) is 11.8 Å². The highest BCUT2D eigenvalue weighted by atomic mass is 16.6. The predicted molar refractivity (Wildman–Crippen MR) is 107 cm³/mol. The first-order chi connectivity index (χ1) is 15.2. The van der Waals surface area contributed by atoms with Crippen LogP contribution in [0, 0.1) is 20.2 Å². The number of ketones is 1. The van der Waals surface area contributed by atoms with Crippen LogP contribution in [-0.2, 0) is 9.59 Å². The summed E-state index contributed by atoms with van der Waals surface area (Å²) in [5.41, 5.74) is -0.799. The van der Waals surface area contributed by atoms with Crippen molar-refractivity contribution in [3.8, 4) is 0 Å². The Morgan fingerprint density at radius 2 is 1.47 bits per heavy atom. The minimum Gasteiger partial charge on any atom is -0.292 e. The summed E-state index contributed by atoms with van der Waals surface area (Å²) in [5, 5.41) is 23.1. The molecule has 3 amide bonds. The zero-order chi connectivity index (χ0) is 23.4. The quantitative estimate of drug-likeness (QED) is 0.274. The summed E-state index contributed by atoms with van der Waals surface area (Å²) in [5.74, 6) is -3.01. The van der Waals surface area contributed by atoms with Gasteiger partial charge in [-0.05, 0) is 24.6 Å². The lowest BCUT2D eigenvalue weighted by Crippen LogP contribution is -2.56. The summed E-state index contributed by atoms with van der Waals surface area (Å²) in [6.07, 6.45) is 0.260. The van der Waals surface area contributed by atoms with E-state index in [1.54, 1.807) is 0 Å². The van der Waals surface area contributed by atoms with Crippen molar-refractivity contribution in [1.29, 1.82) is 0 Å². The maximum Gasteiger partial charge on any atom is 0.273 e. The molecule has 0 aliphatic carbocycles. The molecule has 0 atom stereocenters. The molecule has 1 saturated heterocycles. The van der Waals surface area contributed by atoms with Crippen LogP contribution >= 0.6 is 0 Å². The Hall–Kier alpha value is -4.48.